The van der Waals surface area contributed by atoms with Gasteiger partial charge in [0.15, 0.2) is 5.82 Å². The van der Waals surface area contributed by atoms with Gasteiger partial charge in [-0.25, -0.2) is 0 Å². The summed E-state index contributed by atoms with van der Waals surface area (Å²) in [6, 6.07) is 9.49. The highest BCUT2D eigenvalue weighted by atomic mass is 16.5. The van der Waals surface area contributed by atoms with E-state index >= 15 is 0 Å². The molecule has 2 heterocycles. The Labute approximate surface area is 160 Å². The molecular formula is C20H27N5O2. The van der Waals surface area contributed by atoms with E-state index in [0.29, 0.717) is 18.1 Å². The zero-order valence-electron chi connectivity index (χ0n) is 16.3. The Hall–Kier alpha value is -2.59. The highest BCUT2D eigenvalue weighted by Gasteiger charge is 2.25. The zero-order chi connectivity index (χ0) is 19.2. The average Bonchev–Trinajstić information content (AvgIpc) is 3.05. The normalized spacial score (nSPS) is 15.1. The van der Waals surface area contributed by atoms with Crippen molar-refractivity contribution in [1.29, 1.82) is 5.26 Å². The van der Waals surface area contributed by atoms with E-state index in [2.05, 4.69) is 39.6 Å². The third-order valence-corrected chi connectivity index (χ3v) is 4.62. The SMILES string of the molecule is COCc1nnc(N2CCC(Oc3cccc(C#N)c3)CC2)n1CC(C)C. The first-order chi connectivity index (χ1) is 13.1. The van der Waals surface area contributed by atoms with Crippen LogP contribution in [0.1, 0.15) is 38.1 Å². The van der Waals surface area contributed by atoms with Crippen molar-refractivity contribution in [2.45, 2.75) is 45.9 Å². The molecule has 1 saturated heterocycles. The van der Waals surface area contributed by atoms with Gasteiger partial charge in [0, 0.05) is 39.6 Å². The van der Waals surface area contributed by atoms with Gasteiger partial charge in [-0.15, -0.1) is 10.2 Å². The van der Waals surface area contributed by atoms with Crippen LogP contribution in [0, 0.1) is 17.2 Å². The van der Waals surface area contributed by atoms with Gasteiger partial charge in [-0.05, 0) is 24.1 Å². The first-order valence-corrected chi connectivity index (χ1v) is 9.43. The number of nitrogens with zero attached hydrogens (tertiary/aromatic N) is 5. The van der Waals surface area contributed by atoms with Crippen LogP contribution in [0.4, 0.5) is 5.95 Å². The number of ether oxygens (including phenoxy) is 2. The number of piperidine rings is 1. The van der Waals surface area contributed by atoms with Gasteiger partial charge in [-0.3, -0.25) is 4.57 Å². The molecule has 1 fully saturated rings. The molecule has 0 aliphatic carbocycles. The van der Waals surface area contributed by atoms with Gasteiger partial charge >= 0.3 is 0 Å². The van der Waals surface area contributed by atoms with Crippen molar-refractivity contribution in [1.82, 2.24) is 14.8 Å². The maximum atomic E-state index is 9.02. The van der Waals surface area contributed by atoms with Crippen molar-refractivity contribution in [3.63, 3.8) is 0 Å². The molecule has 0 bridgehead atoms. The summed E-state index contributed by atoms with van der Waals surface area (Å²) in [6.07, 6.45) is 1.96. The minimum atomic E-state index is 0.148. The fourth-order valence-corrected chi connectivity index (χ4v) is 3.35. The van der Waals surface area contributed by atoms with Crippen LogP contribution in [0.2, 0.25) is 0 Å². The van der Waals surface area contributed by atoms with Gasteiger partial charge in [0.1, 0.15) is 18.5 Å². The predicted octanol–water partition coefficient (Wildman–Crippen LogP) is 3.00. The quantitative estimate of drug-likeness (QED) is 0.747. The summed E-state index contributed by atoms with van der Waals surface area (Å²) in [7, 11) is 1.68. The third kappa shape index (κ3) is 4.77. The van der Waals surface area contributed by atoms with E-state index in [9.17, 15) is 0 Å². The summed E-state index contributed by atoms with van der Waals surface area (Å²) in [5.41, 5.74) is 0.623. The molecule has 27 heavy (non-hydrogen) atoms. The molecule has 0 unspecified atom stereocenters. The van der Waals surface area contributed by atoms with Gasteiger partial charge in [0.2, 0.25) is 5.95 Å². The molecule has 0 atom stereocenters. The van der Waals surface area contributed by atoms with Crippen LogP contribution >= 0.6 is 0 Å². The van der Waals surface area contributed by atoms with Crippen LogP contribution in [0.5, 0.6) is 5.75 Å². The first-order valence-electron chi connectivity index (χ1n) is 9.43. The summed E-state index contributed by atoms with van der Waals surface area (Å²) in [5.74, 6) is 3.05. The predicted molar refractivity (Wildman–Crippen MR) is 103 cm³/mol. The Balaban J connectivity index is 1.64. The van der Waals surface area contributed by atoms with Gasteiger partial charge < -0.3 is 14.4 Å². The standard InChI is InChI=1S/C20H27N5O2/c1-15(2)13-25-19(14-26-3)22-23-20(25)24-9-7-17(8-10-24)27-18-6-4-5-16(11-18)12-21/h4-6,11,15,17H,7-10,13-14H2,1-3H3. The summed E-state index contributed by atoms with van der Waals surface area (Å²) < 4.78 is 13.5. The van der Waals surface area contributed by atoms with E-state index in [1.54, 1.807) is 19.2 Å². The molecule has 2 aromatic rings. The van der Waals surface area contributed by atoms with Crippen molar-refractivity contribution in [2.75, 3.05) is 25.1 Å². The second-order valence-electron chi connectivity index (χ2n) is 7.30. The van der Waals surface area contributed by atoms with Gasteiger partial charge in [0.05, 0.1) is 11.6 Å². The van der Waals surface area contributed by atoms with E-state index in [4.69, 9.17) is 14.7 Å². The highest BCUT2D eigenvalue weighted by Crippen LogP contribution is 2.24. The molecule has 0 radical (unpaired) electrons. The summed E-state index contributed by atoms with van der Waals surface area (Å²) in [6.45, 7) is 7.45. The lowest BCUT2D eigenvalue weighted by atomic mass is 10.1. The molecule has 144 valence electrons. The largest absolute Gasteiger partial charge is 0.490 e. The van der Waals surface area contributed by atoms with Crippen molar-refractivity contribution in [3.8, 4) is 11.8 Å². The summed E-state index contributed by atoms with van der Waals surface area (Å²) in [5, 5.41) is 17.8. The molecular weight excluding hydrogens is 342 g/mol. The number of methoxy groups -OCH3 is 1. The lowest BCUT2D eigenvalue weighted by molar-refractivity contribution is 0.168. The Morgan fingerprint density at radius 1 is 1.26 bits per heavy atom. The Morgan fingerprint density at radius 3 is 2.70 bits per heavy atom. The van der Waals surface area contributed by atoms with Crippen molar-refractivity contribution < 1.29 is 9.47 Å². The molecule has 3 rings (SSSR count). The molecule has 7 heteroatoms. The molecule has 0 spiro atoms. The molecule has 1 aliphatic rings. The fourth-order valence-electron chi connectivity index (χ4n) is 3.35. The van der Waals surface area contributed by atoms with Crippen LogP contribution in [-0.4, -0.2) is 41.1 Å². The van der Waals surface area contributed by atoms with Gasteiger partial charge in [-0.2, -0.15) is 5.26 Å². The molecule has 1 aromatic carbocycles. The minimum absolute atomic E-state index is 0.148. The maximum Gasteiger partial charge on any atom is 0.227 e. The fraction of sp³-hybridized carbons (Fsp3) is 0.550. The zero-order valence-corrected chi connectivity index (χ0v) is 16.3. The highest BCUT2D eigenvalue weighted by molar-refractivity contribution is 5.36. The van der Waals surface area contributed by atoms with Crippen molar-refractivity contribution in [2.24, 2.45) is 5.92 Å². The summed E-state index contributed by atoms with van der Waals surface area (Å²) >= 11 is 0. The van der Waals surface area contributed by atoms with Gasteiger partial charge in [0.25, 0.3) is 0 Å². The number of rotatable bonds is 7. The molecule has 1 aromatic heterocycles. The van der Waals surface area contributed by atoms with Crippen LogP contribution in [0.25, 0.3) is 0 Å². The van der Waals surface area contributed by atoms with Gasteiger partial charge in [-0.1, -0.05) is 19.9 Å². The molecule has 1 aliphatic heterocycles. The second kappa shape index (κ2) is 8.87. The van der Waals surface area contributed by atoms with Crippen molar-refractivity contribution in [3.05, 3.63) is 35.7 Å². The van der Waals surface area contributed by atoms with Crippen LogP contribution < -0.4 is 9.64 Å². The van der Waals surface area contributed by atoms with Crippen LogP contribution in [0.15, 0.2) is 24.3 Å². The van der Waals surface area contributed by atoms with E-state index in [0.717, 1.165) is 50.0 Å². The van der Waals surface area contributed by atoms with E-state index in [1.807, 2.05) is 12.1 Å². The van der Waals surface area contributed by atoms with E-state index in [1.165, 1.54) is 0 Å². The summed E-state index contributed by atoms with van der Waals surface area (Å²) in [4.78, 5) is 2.28. The van der Waals surface area contributed by atoms with Crippen LogP contribution in [0.3, 0.4) is 0 Å². The Kier molecular flexibility index (Phi) is 6.30. The average molecular weight is 369 g/mol. The molecule has 0 N–H and O–H groups in total. The van der Waals surface area contributed by atoms with E-state index in [-0.39, 0.29) is 6.10 Å². The number of anilines is 1. The lowest BCUT2D eigenvalue weighted by Crippen LogP contribution is -2.40. The number of nitriles is 1. The monoisotopic (exact) mass is 369 g/mol. The first kappa shape index (κ1) is 19.2. The minimum Gasteiger partial charge on any atom is -0.490 e. The lowest BCUT2D eigenvalue weighted by Gasteiger charge is -2.33. The van der Waals surface area contributed by atoms with Crippen molar-refractivity contribution >= 4 is 5.95 Å². The maximum absolute atomic E-state index is 9.02. The Bertz CT molecular complexity index is 788. The smallest absolute Gasteiger partial charge is 0.227 e. The molecule has 7 nitrogen and oxygen atoms in total. The topological polar surface area (TPSA) is 76.2 Å². The molecule has 0 saturated carbocycles. The third-order valence-electron chi connectivity index (χ3n) is 4.62. The number of hydrogen-bond donors (Lipinski definition) is 0. The van der Waals surface area contributed by atoms with Crippen LogP contribution in [-0.2, 0) is 17.9 Å². The number of benzene rings is 1. The number of hydrogen-bond acceptors (Lipinski definition) is 6. The second-order valence-corrected chi connectivity index (χ2v) is 7.30. The molecule has 0 amide bonds. The Morgan fingerprint density at radius 2 is 2.04 bits per heavy atom. The number of aromatic nitrogens is 3. The van der Waals surface area contributed by atoms with E-state index < -0.39 is 0 Å².